The van der Waals surface area contributed by atoms with Gasteiger partial charge >= 0.3 is 0 Å². The monoisotopic (exact) mass is 299 g/mol. The average Bonchev–Trinajstić information content (AvgIpc) is 2.26. The molecular formula is C14H25N3O2S. The van der Waals surface area contributed by atoms with Gasteiger partial charge < -0.3 is 10.6 Å². The van der Waals surface area contributed by atoms with Crippen LogP contribution >= 0.6 is 0 Å². The van der Waals surface area contributed by atoms with Gasteiger partial charge in [0.05, 0.1) is 5.69 Å². The maximum Gasteiger partial charge on any atom is 0.242 e. The number of nitrogens with two attached hydrogens (primary N) is 1. The molecule has 0 spiro atoms. The van der Waals surface area contributed by atoms with Gasteiger partial charge in [-0.15, -0.1) is 0 Å². The number of nitrogens with one attached hydrogen (secondary N) is 1. The van der Waals surface area contributed by atoms with Crippen LogP contribution in [-0.2, 0) is 10.0 Å². The number of nitrogens with zero attached hydrogens (tertiary/aromatic N) is 1. The third-order valence-electron chi connectivity index (χ3n) is 2.87. The second-order valence-electron chi connectivity index (χ2n) is 5.75. The number of rotatable bonds is 7. The van der Waals surface area contributed by atoms with Gasteiger partial charge in [0.15, 0.2) is 0 Å². The van der Waals surface area contributed by atoms with Gasteiger partial charge in [0.25, 0.3) is 0 Å². The molecule has 1 aromatic rings. The predicted molar refractivity (Wildman–Crippen MR) is 83.0 cm³/mol. The molecule has 0 radical (unpaired) electrons. The highest BCUT2D eigenvalue weighted by Crippen LogP contribution is 2.18. The van der Waals surface area contributed by atoms with Crippen LogP contribution in [0.15, 0.2) is 29.2 Å². The molecule has 0 amide bonds. The molecule has 5 nitrogen and oxygen atoms in total. The molecule has 20 heavy (non-hydrogen) atoms. The van der Waals surface area contributed by atoms with Gasteiger partial charge in [-0.05, 0) is 38.6 Å². The first-order chi connectivity index (χ1) is 9.22. The van der Waals surface area contributed by atoms with Crippen molar-refractivity contribution in [2.24, 2.45) is 5.92 Å². The first-order valence-corrected chi connectivity index (χ1v) is 8.22. The molecule has 1 aromatic carbocycles. The van der Waals surface area contributed by atoms with E-state index < -0.39 is 10.0 Å². The molecule has 0 saturated carbocycles. The zero-order valence-corrected chi connectivity index (χ0v) is 13.4. The summed E-state index contributed by atoms with van der Waals surface area (Å²) in [4.78, 5) is 2.12. The Morgan fingerprint density at radius 3 is 2.35 bits per heavy atom. The Kier molecular flexibility index (Phi) is 5.98. The van der Waals surface area contributed by atoms with Crippen LogP contribution in [0, 0.1) is 5.92 Å². The Labute approximate surface area is 122 Å². The number of likely N-dealkylation sites (N-methyl/N-ethyl adjacent to an activating group) is 1. The summed E-state index contributed by atoms with van der Waals surface area (Å²) in [6.07, 6.45) is 0.782. The highest BCUT2D eigenvalue weighted by atomic mass is 32.2. The van der Waals surface area contributed by atoms with Crippen LogP contribution in [0.4, 0.5) is 5.69 Å². The normalized spacial score (nSPS) is 13.9. The number of hydrogen-bond acceptors (Lipinski definition) is 4. The summed E-state index contributed by atoms with van der Waals surface area (Å²) < 4.78 is 27.6. The lowest BCUT2D eigenvalue weighted by Gasteiger charge is -2.24. The van der Waals surface area contributed by atoms with Crippen LogP contribution in [0.3, 0.4) is 0 Å². The minimum Gasteiger partial charge on any atom is -0.398 e. The largest absolute Gasteiger partial charge is 0.398 e. The van der Waals surface area contributed by atoms with Crippen molar-refractivity contribution in [3.05, 3.63) is 24.3 Å². The molecule has 0 heterocycles. The maximum absolute atomic E-state index is 12.4. The van der Waals surface area contributed by atoms with Gasteiger partial charge in [0.1, 0.15) is 4.90 Å². The number of nitrogen functional groups attached to an aromatic ring is 1. The Hall–Kier alpha value is -1.11. The van der Waals surface area contributed by atoms with Crippen LogP contribution < -0.4 is 10.5 Å². The van der Waals surface area contributed by atoms with Crippen molar-refractivity contribution in [3.8, 4) is 0 Å². The van der Waals surface area contributed by atoms with Crippen molar-refractivity contribution < 1.29 is 8.42 Å². The van der Waals surface area contributed by atoms with Crippen LogP contribution in [0.2, 0.25) is 0 Å². The third kappa shape index (κ3) is 5.11. The summed E-state index contributed by atoms with van der Waals surface area (Å²) in [6.45, 7) is 4.81. The molecule has 0 aliphatic rings. The Morgan fingerprint density at radius 1 is 1.25 bits per heavy atom. The van der Waals surface area contributed by atoms with Gasteiger partial charge in [-0.25, -0.2) is 13.1 Å². The Bertz CT molecular complexity index is 517. The van der Waals surface area contributed by atoms with E-state index in [1.165, 1.54) is 6.07 Å². The van der Waals surface area contributed by atoms with E-state index >= 15 is 0 Å². The molecule has 1 unspecified atom stereocenters. The number of hydrogen-bond donors (Lipinski definition) is 2. The molecule has 114 valence electrons. The van der Waals surface area contributed by atoms with E-state index in [0.717, 1.165) is 6.42 Å². The molecule has 3 N–H and O–H groups in total. The molecule has 0 aliphatic carbocycles. The fourth-order valence-corrected chi connectivity index (χ4v) is 3.55. The number of benzene rings is 1. The second kappa shape index (κ2) is 7.06. The first-order valence-electron chi connectivity index (χ1n) is 6.74. The van der Waals surface area contributed by atoms with E-state index in [1.807, 2.05) is 19.0 Å². The highest BCUT2D eigenvalue weighted by Gasteiger charge is 2.22. The molecule has 0 aromatic heterocycles. The summed E-state index contributed by atoms with van der Waals surface area (Å²) >= 11 is 0. The molecule has 1 rings (SSSR count). The molecular weight excluding hydrogens is 274 g/mol. The lowest BCUT2D eigenvalue weighted by molar-refractivity contribution is 0.329. The van der Waals surface area contributed by atoms with Crippen LogP contribution in [0.25, 0.3) is 0 Å². The minimum absolute atomic E-state index is 0.130. The van der Waals surface area contributed by atoms with E-state index in [-0.39, 0.29) is 16.6 Å². The van der Waals surface area contributed by atoms with Gasteiger partial charge in [0, 0.05) is 12.6 Å². The predicted octanol–water partition coefficient (Wildman–Crippen LogP) is 1.52. The summed E-state index contributed by atoms with van der Waals surface area (Å²) in [6, 6.07) is 6.39. The van der Waals surface area contributed by atoms with Crippen molar-refractivity contribution in [1.82, 2.24) is 9.62 Å². The van der Waals surface area contributed by atoms with E-state index in [4.69, 9.17) is 5.73 Å². The molecule has 0 saturated heterocycles. The van der Waals surface area contributed by atoms with Gasteiger partial charge in [-0.1, -0.05) is 26.0 Å². The lowest BCUT2D eigenvalue weighted by Crippen LogP contribution is -2.42. The van der Waals surface area contributed by atoms with E-state index in [9.17, 15) is 8.42 Å². The molecule has 0 aliphatic heterocycles. The zero-order chi connectivity index (χ0) is 15.3. The Morgan fingerprint density at radius 2 is 1.85 bits per heavy atom. The van der Waals surface area contributed by atoms with Crippen LogP contribution in [0.1, 0.15) is 20.3 Å². The SMILES string of the molecule is CC(C)CC(CN(C)C)NS(=O)(=O)c1ccccc1N. The fraction of sp³-hybridized carbons (Fsp3) is 0.571. The van der Waals surface area contributed by atoms with Gasteiger partial charge in [0.2, 0.25) is 10.0 Å². The molecule has 0 fully saturated rings. The maximum atomic E-state index is 12.4. The van der Waals surface area contributed by atoms with Crippen molar-refractivity contribution in [1.29, 1.82) is 0 Å². The van der Waals surface area contributed by atoms with Gasteiger partial charge in [-0.3, -0.25) is 0 Å². The van der Waals surface area contributed by atoms with Crippen molar-refractivity contribution >= 4 is 15.7 Å². The topological polar surface area (TPSA) is 75.4 Å². The molecule has 1 atom stereocenters. The third-order valence-corrected chi connectivity index (χ3v) is 4.47. The van der Waals surface area contributed by atoms with Crippen LogP contribution in [0.5, 0.6) is 0 Å². The Balaban J connectivity index is 2.94. The van der Waals surface area contributed by atoms with E-state index in [2.05, 4.69) is 18.6 Å². The second-order valence-corrected chi connectivity index (χ2v) is 7.43. The number of anilines is 1. The average molecular weight is 299 g/mol. The number of sulfonamides is 1. The van der Waals surface area contributed by atoms with Crippen molar-refractivity contribution in [2.45, 2.75) is 31.2 Å². The summed E-state index contributed by atoms with van der Waals surface area (Å²) in [5, 5.41) is 0. The fourth-order valence-electron chi connectivity index (χ4n) is 2.18. The first kappa shape index (κ1) is 16.9. The van der Waals surface area contributed by atoms with Gasteiger partial charge in [-0.2, -0.15) is 0 Å². The number of para-hydroxylation sites is 1. The quantitative estimate of drug-likeness (QED) is 0.749. The van der Waals surface area contributed by atoms with Crippen LogP contribution in [-0.4, -0.2) is 40.0 Å². The van der Waals surface area contributed by atoms with Crippen molar-refractivity contribution in [3.63, 3.8) is 0 Å². The summed E-state index contributed by atoms with van der Waals surface area (Å²) in [5.74, 6) is 0.413. The van der Waals surface area contributed by atoms with E-state index in [1.54, 1.807) is 18.2 Å². The summed E-state index contributed by atoms with van der Waals surface area (Å²) in [7, 11) is 0.275. The van der Waals surface area contributed by atoms with Crippen molar-refractivity contribution in [2.75, 3.05) is 26.4 Å². The van der Waals surface area contributed by atoms with E-state index in [0.29, 0.717) is 12.5 Å². The standard InChI is InChI=1S/C14H25N3O2S/c1-11(2)9-12(10-17(3)4)16-20(18,19)14-8-6-5-7-13(14)15/h5-8,11-12,16H,9-10,15H2,1-4H3. The lowest BCUT2D eigenvalue weighted by atomic mass is 10.0. The smallest absolute Gasteiger partial charge is 0.242 e. The molecule has 0 bridgehead atoms. The minimum atomic E-state index is -3.58. The zero-order valence-electron chi connectivity index (χ0n) is 12.6. The molecule has 6 heteroatoms. The summed E-state index contributed by atoms with van der Waals surface area (Å²) in [5.41, 5.74) is 6.03. The highest BCUT2D eigenvalue weighted by molar-refractivity contribution is 7.89.